The first-order valence-corrected chi connectivity index (χ1v) is 7.32. The molecule has 0 aliphatic carbocycles. The van der Waals surface area contributed by atoms with Crippen LogP contribution in [0.3, 0.4) is 0 Å². The molecular weight excluding hydrogens is 242 g/mol. The first-order valence-electron chi connectivity index (χ1n) is 5.88. The van der Waals surface area contributed by atoms with Crippen molar-refractivity contribution >= 4 is 16.1 Å². The van der Waals surface area contributed by atoms with E-state index >= 15 is 0 Å². The van der Waals surface area contributed by atoms with Gasteiger partial charge in [0.05, 0.1) is 6.54 Å². The maximum Gasteiger partial charge on any atom is 0.279 e. The Hall–Kier alpha value is -0.660. The highest BCUT2D eigenvalue weighted by Gasteiger charge is 2.23. The minimum Gasteiger partial charge on any atom is -0.348 e. The van der Waals surface area contributed by atoms with E-state index in [9.17, 15) is 13.2 Å². The molecule has 0 aromatic carbocycles. The highest BCUT2D eigenvalue weighted by molar-refractivity contribution is 7.87. The summed E-state index contributed by atoms with van der Waals surface area (Å²) in [7, 11) is -0.300. The molecule has 1 N–H and O–H groups in total. The first-order chi connectivity index (χ1) is 7.93. The Morgan fingerprint density at radius 2 is 1.71 bits per heavy atom. The molecule has 100 valence electrons. The second-order valence-electron chi connectivity index (χ2n) is 4.43. The van der Waals surface area contributed by atoms with Gasteiger partial charge in [-0.15, -0.1) is 0 Å². The monoisotopic (exact) mass is 263 g/mol. The van der Waals surface area contributed by atoms with Gasteiger partial charge in [-0.05, 0) is 12.8 Å². The van der Waals surface area contributed by atoms with Gasteiger partial charge in [-0.3, -0.25) is 4.79 Å². The molecule has 1 aliphatic heterocycles. The van der Waals surface area contributed by atoms with Gasteiger partial charge in [-0.25, -0.2) is 0 Å². The Kier molecular flexibility index (Phi) is 5.35. The zero-order valence-electron chi connectivity index (χ0n) is 10.5. The summed E-state index contributed by atoms with van der Waals surface area (Å²) >= 11 is 0. The van der Waals surface area contributed by atoms with Crippen molar-refractivity contribution in [2.75, 3.05) is 33.7 Å². The largest absolute Gasteiger partial charge is 0.348 e. The second kappa shape index (κ2) is 6.32. The van der Waals surface area contributed by atoms with Gasteiger partial charge >= 0.3 is 0 Å². The SMILES string of the molecule is CN(C)C(=O)CNS(=O)(=O)N1CCCCCC1. The Balaban J connectivity index is 2.52. The van der Waals surface area contributed by atoms with Crippen LogP contribution in [0.25, 0.3) is 0 Å². The summed E-state index contributed by atoms with van der Waals surface area (Å²) in [5.41, 5.74) is 0. The zero-order chi connectivity index (χ0) is 12.9. The Morgan fingerprint density at radius 3 is 2.18 bits per heavy atom. The van der Waals surface area contributed by atoms with Crippen molar-refractivity contribution in [3.05, 3.63) is 0 Å². The lowest BCUT2D eigenvalue weighted by Crippen LogP contribution is -2.45. The van der Waals surface area contributed by atoms with Crippen LogP contribution in [-0.4, -0.2) is 57.3 Å². The van der Waals surface area contributed by atoms with Gasteiger partial charge in [0.1, 0.15) is 0 Å². The van der Waals surface area contributed by atoms with Crippen molar-refractivity contribution in [2.45, 2.75) is 25.7 Å². The molecule has 0 bridgehead atoms. The third-order valence-electron chi connectivity index (χ3n) is 2.81. The summed E-state index contributed by atoms with van der Waals surface area (Å²) < 4.78 is 27.6. The number of carbonyl (C=O) groups excluding carboxylic acids is 1. The van der Waals surface area contributed by atoms with Crippen LogP contribution in [0.5, 0.6) is 0 Å². The molecule has 0 aromatic heterocycles. The number of rotatable bonds is 4. The summed E-state index contributed by atoms with van der Waals surface area (Å²) in [4.78, 5) is 12.7. The van der Waals surface area contributed by atoms with Crippen molar-refractivity contribution < 1.29 is 13.2 Å². The Bertz CT molecular complexity index is 346. The lowest BCUT2D eigenvalue weighted by Gasteiger charge is -2.20. The minimum absolute atomic E-state index is 0.175. The van der Waals surface area contributed by atoms with E-state index in [1.54, 1.807) is 14.1 Å². The lowest BCUT2D eigenvalue weighted by molar-refractivity contribution is -0.127. The average molecular weight is 263 g/mol. The van der Waals surface area contributed by atoms with Gasteiger partial charge in [0.15, 0.2) is 0 Å². The predicted molar refractivity (Wildman–Crippen MR) is 65.7 cm³/mol. The molecule has 0 unspecified atom stereocenters. The molecule has 1 amide bonds. The van der Waals surface area contributed by atoms with Crippen LogP contribution in [0.2, 0.25) is 0 Å². The van der Waals surface area contributed by atoms with E-state index in [2.05, 4.69) is 4.72 Å². The van der Waals surface area contributed by atoms with Gasteiger partial charge in [-0.1, -0.05) is 12.8 Å². The fourth-order valence-corrected chi connectivity index (χ4v) is 2.91. The number of nitrogens with zero attached hydrogens (tertiary/aromatic N) is 2. The van der Waals surface area contributed by atoms with Gasteiger partial charge in [-0.2, -0.15) is 17.4 Å². The van der Waals surface area contributed by atoms with Crippen LogP contribution in [0.4, 0.5) is 0 Å². The van der Waals surface area contributed by atoms with Crippen molar-refractivity contribution in [1.82, 2.24) is 13.9 Å². The molecule has 0 aromatic rings. The number of carbonyl (C=O) groups is 1. The molecular formula is C10H21N3O3S. The number of nitrogens with one attached hydrogen (secondary N) is 1. The number of likely N-dealkylation sites (N-methyl/N-ethyl adjacent to an activating group) is 1. The molecule has 0 radical (unpaired) electrons. The predicted octanol–water partition coefficient (Wildman–Crippen LogP) is -0.215. The highest BCUT2D eigenvalue weighted by Crippen LogP contribution is 2.12. The smallest absolute Gasteiger partial charge is 0.279 e. The van der Waals surface area contributed by atoms with E-state index in [1.807, 2.05) is 0 Å². The highest BCUT2D eigenvalue weighted by atomic mass is 32.2. The van der Waals surface area contributed by atoms with E-state index in [0.717, 1.165) is 25.7 Å². The summed E-state index contributed by atoms with van der Waals surface area (Å²) in [6, 6.07) is 0. The fourth-order valence-electron chi connectivity index (χ4n) is 1.68. The summed E-state index contributed by atoms with van der Waals surface area (Å²) in [6.45, 7) is 0.919. The summed E-state index contributed by atoms with van der Waals surface area (Å²) in [5, 5.41) is 0. The Labute approximate surface area is 103 Å². The van der Waals surface area contributed by atoms with Gasteiger partial charge in [0.2, 0.25) is 5.91 Å². The lowest BCUT2D eigenvalue weighted by atomic mass is 10.2. The maximum atomic E-state index is 11.9. The molecule has 0 saturated carbocycles. The normalized spacial score (nSPS) is 18.7. The molecule has 1 fully saturated rings. The number of hydrogen-bond donors (Lipinski definition) is 1. The van der Waals surface area contributed by atoms with Crippen LogP contribution >= 0.6 is 0 Å². The average Bonchev–Trinajstić information content (AvgIpc) is 2.54. The van der Waals surface area contributed by atoms with E-state index in [1.165, 1.54) is 9.21 Å². The molecule has 7 heteroatoms. The van der Waals surface area contributed by atoms with Crippen LogP contribution in [0.1, 0.15) is 25.7 Å². The van der Waals surface area contributed by atoms with Crippen LogP contribution in [0.15, 0.2) is 0 Å². The molecule has 1 heterocycles. The van der Waals surface area contributed by atoms with Gasteiger partial charge < -0.3 is 4.90 Å². The van der Waals surface area contributed by atoms with Crippen molar-refractivity contribution in [3.63, 3.8) is 0 Å². The Morgan fingerprint density at radius 1 is 1.18 bits per heavy atom. The number of hydrogen-bond acceptors (Lipinski definition) is 3. The fraction of sp³-hybridized carbons (Fsp3) is 0.900. The summed E-state index contributed by atoms with van der Waals surface area (Å²) in [6.07, 6.45) is 3.93. The molecule has 0 spiro atoms. The first kappa shape index (κ1) is 14.4. The molecule has 1 aliphatic rings. The van der Waals surface area contributed by atoms with Crippen LogP contribution in [-0.2, 0) is 15.0 Å². The van der Waals surface area contributed by atoms with E-state index in [0.29, 0.717) is 13.1 Å². The molecule has 17 heavy (non-hydrogen) atoms. The molecule has 6 nitrogen and oxygen atoms in total. The molecule has 1 saturated heterocycles. The van der Waals surface area contributed by atoms with Crippen LogP contribution < -0.4 is 4.72 Å². The number of amides is 1. The summed E-state index contributed by atoms with van der Waals surface area (Å²) in [5.74, 6) is -0.247. The van der Waals surface area contributed by atoms with Crippen LogP contribution in [0, 0.1) is 0 Å². The minimum atomic E-state index is -3.50. The van der Waals surface area contributed by atoms with Gasteiger partial charge in [0.25, 0.3) is 10.2 Å². The van der Waals surface area contributed by atoms with Crippen molar-refractivity contribution in [3.8, 4) is 0 Å². The van der Waals surface area contributed by atoms with Crippen molar-refractivity contribution in [1.29, 1.82) is 0 Å². The molecule has 0 atom stereocenters. The maximum absolute atomic E-state index is 11.9. The quantitative estimate of drug-likeness (QED) is 0.762. The van der Waals surface area contributed by atoms with Crippen molar-refractivity contribution in [2.24, 2.45) is 0 Å². The van der Waals surface area contributed by atoms with E-state index < -0.39 is 10.2 Å². The molecule has 1 rings (SSSR count). The van der Waals surface area contributed by atoms with E-state index in [4.69, 9.17) is 0 Å². The topological polar surface area (TPSA) is 69.7 Å². The van der Waals surface area contributed by atoms with Gasteiger partial charge in [0, 0.05) is 27.2 Å². The third kappa shape index (κ3) is 4.61. The third-order valence-corrected chi connectivity index (χ3v) is 4.36. The standard InChI is InChI=1S/C10H21N3O3S/c1-12(2)10(14)9-11-17(15,16)13-7-5-3-4-6-8-13/h11H,3-9H2,1-2H3. The second-order valence-corrected chi connectivity index (χ2v) is 6.18. The van der Waals surface area contributed by atoms with E-state index in [-0.39, 0.29) is 12.5 Å². The zero-order valence-corrected chi connectivity index (χ0v) is 11.3.